The van der Waals surface area contributed by atoms with Gasteiger partial charge in [-0.1, -0.05) is 6.07 Å². The second-order valence-electron chi connectivity index (χ2n) is 4.05. The number of nitrogens with zero attached hydrogens (tertiary/aromatic N) is 2. The molecule has 0 bridgehead atoms. The molecular formula is C12H15N3O3. The first-order chi connectivity index (χ1) is 8.69. The monoisotopic (exact) mass is 249 g/mol. The molecule has 1 aromatic heterocycles. The number of carbonyl (C=O) groups is 2. The van der Waals surface area contributed by atoms with Gasteiger partial charge in [-0.15, -0.1) is 0 Å². The van der Waals surface area contributed by atoms with Crippen LogP contribution in [0.25, 0.3) is 0 Å². The molecule has 0 spiro atoms. The molecule has 1 saturated heterocycles. The van der Waals surface area contributed by atoms with Crippen molar-refractivity contribution in [3.05, 3.63) is 23.9 Å². The van der Waals surface area contributed by atoms with E-state index in [-0.39, 0.29) is 18.4 Å². The molecule has 2 rings (SSSR count). The van der Waals surface area contributed by atoms with Crippen molar-refractivity contribution < 1.29 is 14.3 Å². The zero-order chi connectivity index (χ0) is 13.0. The Morgan fingerprint density at radius 3 is 2.94 bits per heavy atom. The molecule has 0 aromatic carbocycles. The number of nitrogens with one attached hydrogen (secondary N) is 1. The molecule has 6 heteroatoms. The first-order valence-corrected chi connectivity index (χ1v) is 5.72. The van der Waals surface area contributed by atoms with Gasteiger partial charge in [-0.05, 0) is 5.56 Å². The van der Waals surface area contributed by atoms with E-state index in [2.05, 4.69) is 10.3 Å². The number of hydrogen-bond acceptors (Lipinski definition) is 4. The van der Waals surface area contributed by atoms with E-state index < -0.39 is 0 Å². The van der Waals surface area contributed by atoms with Gasteiger partial charge in [-0.3, -0.25) is 9.59 Å². The molecule has 96 valence electrons. The van der Waals surface area contributed by atoms with Gasteiger partial charge in [0, 0.05) is 31.8 Å². The summed E-state index contributed by atoms with van der Waals surface area (Å²) < 4.78 is 4.97. The van der Waals surface area contributed by atoms with Crippen LogP contribution in [0, 0.1) is 0 Å². The van der Waals surface area contributed by atoms with Gasteiger partial charge in [-0.2, -0.15) is 0 Å². The van der Waals surface area contributed by atoms with Crippen LogP contribution in [-0.4, -0.2) is 41.9 Å². The SMILES string of the molecule is COc1ccc(CN2CCC(=O)NCC2=O)cn1. The quantitative estimate of drug-likeness (QED) is 0.814. The van der Waals surface area contributed by atoms with Gasteiger partial charge in [0.05, 0.1) is 13.7 Å². The molecule has 2 heterocycles. The maximum absolute atomic E-state index is 11.8. The summed E-state index contributed by atoms with van der Waals surface area (Å²) in [6.07, 6.45) is 2.02. The standard InChI is InChI=1S/C12H15N3O3/c1-18-11-3-2-9(6-14-11)8-15-5-4-10(16)13-7-12(15)17/h2-3,6H,4-5,7-8H2,1H3,(H,13,16). The lowest BCUT2D eigenvalue weighted by Gasteiger charge is -2.19. The van der Waals surface area contributed by atoms with Gasteiger partial charge < -0.3 is 15.0 Å². The molecule has 2 amide bonds. The fourth-order valence-electron chi connectivity index (χ4n) is 1.75. The lowest BCUT2D eigenvalue weighted by atomic mass is 10.2. The molecule has 0 saturated carbocycles. The van der Waals surface area contributed by atoms with Crippen molar-refractivity contribution in [3.8, 4) is 5.88 Å². The van der Waals surface area contributed by atoms with Gasteiger partial charge in [0.15, 0.2) is 0 Å². The number of aromatic nitrogens is 1. The highest BCUT2D eigenvalue weighted by Gasteiger charge is 2.19. The molecule has 0 unspecified atom stereocenters. The highest BCUT2D eigenvalue weighted by molar-refractivity contribution is 5.87. The fourth-order valence-corrected chi connectivity index (χ4v) is 1.75. The van der Waals surface area contributed by atoms with E-state index in [4.69, 9.17) is 4.74 Å². The van der Waals surface area contributed by atoms with E-state index in [1.165, 1.54) is 0 Å². The molecule has 1 aliphatic heterocycles. The highest BCUT2D eigenvalue weighted by atomic mass is 16.5. The summed E-state index contributed by atoms with van der Waals surface area (Å²) in [6, 6.07) is 3.61. The zero-order valence-electron chi connectivity index (χ0n) is 10.2. The third-order valence-electron chi connectivity index (χ3n) is 2.78. The maximum Gasteiger partial charge on any atom is 0.242 e. The first kappa shape index (κ1) is 12.3. The van der Waals surface area contributed by atoms with Crippen LogP contribution in [0.15, 0.2) is 18.3 Å². The predicted molar refractivity (Wildman–Crippen MR) is 63.8 cm³/mol. The van der Waals surface area contributed by atoms with E-state index in [9.17, 15) is 9.59 Å². The van der Waals surface area contributed by atoms with Gasteiger partial charge in [0.25, 0.3) is 0 Å². The smallest absolute Gasteiger partial charge is 0.242 e. The van der Waals surface area contributed by atoms with E-state index >= 15 is 0 Å². The van der Waals surface area contributed by atoms with Crippen LogP contribution in [0.3, 0.4) is 0 Å². The Hall–Kier alpha value is -2.11. The number of pyridine rings is 1. The second-order valence-corrected chi connectivity index (χ2v) is 4.05. The number of hydrogen-bond donors (Lipinski definition) is 1. The van der Waals surface area contributed by atoms with Crippen molar-refractivity contribution >= 4 is 11.8 Å². The van der Waals surface area contributed by atoms with Gasteiger partial charge in [0.1, 0.15) is 0 Å². The van der Waals surface area contributed by atoms with Crippen molar-refractivity contribution in [3.63, 3.8) is 0 Å². The number of amides is 2. The summed E-state index contributed by atoms with van der Waals surface area (Å²) in [5.41, 5.74) is 0.915. The van der Waals surface area contributed by atoms with Crippen molar-refractivity contribution in [2.24, 2.45) is 0 Å². The molecule has 0 atom stereocenters. The number of carbonyl (C=O) groups excluding carboxylic acids is 2. The molecular weight excluding hydrogens is 234 g/mol. The summed E-state index contributed by atoms with van der Waals surface area (Å²) in [7, 11) is 1.55. The van der Waals surface area contributed by atoms with Crippen molar-refractivity contribution in [2.45, 2.75) is 13.0 Å². The summed E-state index contributed by atoms with van der Waals surface area (Å²) >= 11 is 0. The Kier molecular flexibility index (Phi) is 3.76. The van der Waals surface area contributed by atoms with E-state index in [0.29, 0.717) is 25.4 Å². The van der Waals surface area contributed by atoms with Crippen LogP contribution in [0.5, 0.6) is 5.88 Å². The lowest BCUT2D eigenvalue weighted by molar-refractivity contribution is -0.130. The molecule has 1 aromatic rings. The average Bonchev–Trinajstić information content (AvgIpc) is 2.55. The summed E-state index contributed by atoms with van der Waals surface area (Å²) in [4.78, 5) is 28.7. The van der Waals surface area contributed by atoms with Gasteiger partial charge >= 0.3 is 0 Å². The Morgan fingerprint density at radius 1 is 1.44 bits per heavy atom. The average molecular weight is 249 g/mol. The van der Waals surface area contributed by atoms with Crippen LogP contribution in [0.4, 0.5) is 0 Å². The lowest BCUT2D eigenvalue weighted by Crippen LogP contribution is -2.34. The number of methoxy groups -OCH3 is 1. The normalized spacial score (nSPS) is 16.2. The third kappa shape index (κ3) is 2.97. The number of rotatable bonds is 3. The minimum atomic E-state index is -0.0845. The molecule has 0 radical (unpaired) electrons. The van der Waals surface area contributed by atoms with Crippen LogP contribution >= 0.6 is 0 Å². The molecule has 1 fully saturated rings. The van der Waals surface area contributed by atoms with Crippen molar-refractivity contribution in [1.29, 1.82) is 0 Å². The highest BCUT2D eigenvalue weighted by Crippen LogP contribution is 2.10. The Labute approximate surface area is 105 Å². The Bertz CT molecular complexity index is 444. The molecule has 1 aliphatic rings. The predicted octanol–water partition coefficient (Wildman–Crippen LogP) is -0.0613. The van der Waals surface area contributed by atoms with Crippen molar-refractivity contribution in [1.82, 2.24) is 15.2 Å². The van der Waals surface area contributed by atoms with Gasteiger partial charge in [-0.25, -0.2) is 4.98 Å². The van der Waals surface area contributed by atoms with Crippen LogP contribution < -0.4 is 10.1 Å². The Morgan fingerprint density at radius 2 is 2.28 bits per heavy atom. The minimum Gasteiger partial charge on any atom is -0.481 e. The largest absolute Gasteiger partial charge is 0.481 e. The molecule has 18 heavy (non-hydrogen) atoms. The first-order valence-electron chi connectivity index (χ1n) is 5.72. The summed E-state index contributed by atoms with van der Waals surface area (Å²) in [5.74, 6) is 0.383. The van der Waals surface area contributed by atoms with E-state index in [1.807, 2.05) is 6.07 Å². The Balaban J connectivity index is 2.02. The topological polar surface area (TPSA) is 71.5 Å². The molecule has 0 aliphatic carbocycles. The van der Waals surface area contributed by atoms with Crippen LogP contribution in [-0.2, 0) is 16.1 Å². The second kappa shape index (κ2) is 5.48. The van der Waals surface area contributed by atoms with Gasteiger partial charge in [0.2, 0.25) is 17.7 Å². The maximum atomic E-state index is 11.8. The van der Waals surface area contributed by atoms with Crippen LogP contribution in [0.2, 0.25) is 0 Å². The van der Waals surface area contributed by atoms with E-state index in [0.717, 1.165) is 5.56 Å². The third-order valence-corrected chi connectivity index (χ3v) is 2.78. The number of ether oxygens (including phenoxy) is 1. The molecule has 6 nitrogen and oxygen atoms in total. The molecule has 1 N–H and O–H groups in total. The van der Waals surface area contributed by atoms with Crippen molar-refractivity contribution in [2.75, 3.05) is 20.2 Å². The zero-order valence-corrected chi connectivity index (χ0v) is 10.2. The van der Waals surface area contributed by atoms with Crippen LogP contribution in [0.1, 0.15) is 12.0 Å². The summed E-state index contributed by atoms with van der Waals surface area (Å²) in [5, 5.41) is 2.56. The minimum absolute atomic E-state index is 0.0718. The summed E-state index contributed by atoms with van der Waals surface area (Å²) in [6.45, 7) is 0.976. The van der Waals surface area contributed by atoms with E-state index in [1.54, 1.807) is 24.3 Å². The fraction of sp³-hybridized carbons (Fsp3) is 0.417.